The molecule has 1 aromatic carbocycles. The number of halogens is 2. The third-order valence-electron chi connectivity index (χ3n) is 4.13. The van der Waals surface area contributed by atoms with Crippen LogP contribution in [-0.4, -0.2) is 48.1 Å². The predicted molar refractivity (Wildman–Crippen MR) is 102 cm³/mol. The molecule has 152 valence electrons. The lowest BCUT2D eigenvalue weighted by Gasteiger charge is -2.22. The van der Waals surface area contributed by atoms with Gasteiger partial charge in [0.1, 0.15) is 29.9 Å². The zero-order valence-corrected chi connectivity index (χ0v) is 16.7. The molecule has 27 heavy (non-hydrogen) atoms. The molecule has 1 amide bonds. The first kappa shape index (κ1) is 21.7. The van der Waals surface area contributed by atoms with Crippen LogP contribution in [0.1, 0.15) is 40.0 Å². The minimum absolute atomic E-state index is 0.0281. The fourth-order valence-electron chi connectivity index (χ4n) is 2.89. The molecule has 0 bridgehead atoms. The number of aliphatic hydroxyl groups is 1. The van der Waals surface area contributed by atoms with Crippen molar-refractivity contribution in [2.45, 2.75) is 63.8 Å². The van der Waals surface area contributed by atoms with Crippen molar-refractivity contribution < 1.29 is 23.8 Å². The molecular weight excluding hydrogens is 375 g/mol. The van der Waals surface area contributed by atoms with Crippen LogP contribution in [0.2, 0.25) is 5.02 Å². The first-order valence-corrected chi connectivity index (χ1v) is 9.49. The molecule has 0 heterocycles. The van der Waals surface area contributed by atoms with Gasteiger partial charge in [0.25, 0.3) is 0 Å². The summed E-state index contributed by atoms with van der Waals surface area (Å²) in [6, 6.07) is 4.41. The Morgan fingerprint density at radius 1 is 1.37 bits per heavy atom. The van der Waals surface area contributed by atoms with Gasteiger partial charge in [0.05, 0.1) is 5.02 Å². The van der Waals surface area contributed by atoms with Crippen LogP contribution >= 0.6 is 11.6 Å². The van der Waals surface area contributed by atoms with Crippen molar-refractivity contribution in [3.8, 4) is 5.75 Å². The molecule has 3 N–H and O–H groups in total. The van der Waals surface area contributed by atoms with Gasteiger partial charge in [0, 0.05) is 24.7 Å². The number of benzene rings is 1. The molecule has 1 saturated carbocycles. The maximum atomic E-state index is 13.3. The van der Waals surface area contributed by atoms with Crippen molar-refractivity contribution in [1.82, 2.24) is 10.6 Å². The molecule has 0 saturated heterocycles. The number of ether oxygens (including phenoxy) is 2. The van der Waals surface area contributed by atoms with Gasteiger partial charge in [-0.2, -0.15) is 0 Å². The van der Waals surface area contributed by atoms with Gasteiger partial charge in [0.15, 0.2) is 0 Å². The van der Waals surface area contributed by atoms with Crippen LogP contribution < -0.4 is 15.4 Å². The quantitative estimate of drug-likeness (QED) is 0.652. The lowest BCUT2D eigenvalue weighted by molar-refractivity contribution is 0.0504. The van der Waals surface area contributed by atoms with Crippen molar-refractivity contribution in [3.05, 3.63) is 29.0 Å². The smallest absolute Gasteiger partial charge is 0.407 e. The van der Waals surface area contributed by atoms with E-state index in [-0.39, 0.29) is 23.7 Å². The second-order valence-electron chi connectivity index (χ2n) is 7.80. The lowest BCUT2D eigenvalue weighted by Crippen LogP contribution is -2.40. The largest absolute Gasteiger partial charge is 0.491 e. The van der Waals surface area contributed by atoms with E-state index in [1.807, 2.05) is 20.8 Å². The summed E-state index contributed by atoms with van der Waals surface area (Å²) in [5.41, 5.74) is -0.516. The van der Waals surface area contributed by atoms with E-state index in [4.69, 9.17) is 21.1 Å². The fraction of sp³-hybridized carbons (Fsp3) is 0.632. The second kappa shape index (κ2) is 9.57. The van der Waals surface area contributed by atoms with E-state index in [0.717, 1.165) is 19.3 Å². The van der Waals surface area contributed by atoms with Gasteiger partial charge >= 0.3 is 6.09 Å². The highest BCUT2D eigenvalue weighted by Gasteiger charge is 2.27. The highest BCUT2D eigenvalue weighted by atomic mass is 35.5. The Labute approximate surface area is 164 Å². The van der Waals surface area contributed by atoms with Crippen molar-refractivity contribution in [1.29, 1.82) is 0 Å². The van der Waals surface area contributed by atoms with Crippen molar-refractivity contribution in [3.63, 3.8) is 0 Å². The summed E-state index contributed by atoms with van der Waals surface area (Å²) in [6.07, 6.45) is 1.39. The van der Waals surface area contributed by atoms with Crippen LogP contribution in [-0.2, 0) is 4.74 Å². The zero-order valence-electron chi connectivity index (χ0n) is 15.9. The average molecular weight is 403 g/mol. The van der Waals surface area contributed by atoms with Gasteiger partial charge in [-0.1, -0.05) is 11.6 Å². The summed E-state index contributed by atoms with van der Waals surface area (Å²) in [7, 11) is 0. The van der Waals surface area contributed by atoms with E-state index in [1.54, 1.807) is 6.07 Å². The van der Waals surface area contributed by atoms with Crippen molar-refractivity contribution in [2.75, 3.05) is 13.2 Å². The van der Waals surface area contributed by atoms with E-state index in [9.17, 15) is 14.3 Å². The second-order valence-corrected chi connectivity index (χ2v) is 8.21. The van der Waals surface area contributed by atoms with Crippen LogP contribution in [0.25, 0.3) is 0 Å². The summed E-state index contributed by atoms with van der Waals surface area (Å²) in [5.74, 6) is -0.241. The fourth-order valence-corrected chi connectivity index (χ4v) is 3.01. The molecule has 0 spiro atoms. The van der Waals surface area contributed by atoms with Gasteiger partial charge in [0.2, 0.25) is 0 Å². The minimum Gasteiger partial charge on any atom is -0.491 e. The molecule has 0 aliphatic heterocycles. The molecule has 6 nitrogen and oxygen atoms in total. The number of rotatable bonds is 7. The Morgan fingerprint density at radius 2 is 2.07 bits per heavy atom. The van der Waals surface area contributed by atoms with E-state index >= 15 is 0 Å². The number of amides is 1. The third kappa shape index (κ3) is 7.91. The van der Waals surface area contributed by atoms with Crippen molar-refractivity contribution in [2.24, 2.45) is 0 Å². The Balaban J connectivity index is 1.65. The molecule has 1 aliphatic rings. The summed E-state index contributed by atoms with van der Waals surface area (Å²) in [6.45, 7) is 5.87. The topological polar surface area (TPSA) is 79.8 Å². The van der Waals surface area contributed by atoms with Crippen LogP contribution in [0.3, 0.4) is 0 Å². The van der Waals surface area contributed by atoms with Gasteiger partial charge in [-0.25, -0.2) is 9.18 Å². The first-order chi connectivity index (χ1) is 12.6. The molecule has 1 aliphatic carbocycles. The number of aliphatic hydroxyl groups excluding tert-OH is 1. The van der Waals surface area contributed by atoms with Gasteiger partial charge in [-0.05, 0) is 52.2 Å². The number of hydrogen-bond donors (Lipinski definition) is 3. The Bertz CT molecular complexity index is 639. The summed E-state index contributed by atoms with van der Waals surface area (Å²) >= 11 is 5.62. The number of nitrogens with one attached hydrogen (secondary N) is 2. The number of carbonyl (C=O) groups is 1. The van der Waals surface area contributed by atoms with E-state index in [1.165, 1.54) is 12.1 Å². The number of alkyl carbamates (subject to hydrolysis) is 1. The summed E-state index contributed by atoms with van der Waals surface area (Å²) in [5, 5.41) is 16.2. The lowest BCUT2D eigenvalue weighted by atomic mass is 10.2. The zero-order chi connectivity index (χ0) is 20.0. The molecule has 1 fully saturated rings. The average Bonchev–Trinajstić information content (AvgIpc) is 2.99. The molecular formula is C19H28ClFN2O4. The molecule has 0 aromatic heterocycles. The minimum atomic E-state index is -0.735. The van der Waals surface area contributed by atoms with Crippen LogP contribution in [0.4, 0.5) is 9.18 Å². The Hall–Kier alpha value is -1.57. The van der Waals surface area contributed by atoms with Gasteiger partial charge < -0.3 is 25.2 Å². The Morgan fingerprint density at radius 3 is 2.74 bits per heavy atom. The van der Waals surface area contributed by atoms with Crippen LogP contribution in [0.15, 0.2) is 18.2 Å². The highest BCUT2D eigenvalue weighted by Crippen LogP contribution is 2.21. The van der Waals surface area contributed by atoms with E-state index in [0.29, 0.717) is 12.3 Å². The first-order valence-electron chi connectivity index (χ1n) is 9.11. The van der Waals surface area contributed by atoms with Gasteiger partial charge in [-0.3, -0.25) is 0 Å². The van der Waals surface area contributed by atoms with Crippen molar-refractivity contribution >= 4 is 17.7 Å². The maximum Gasteiger partial charge on any atom is 0.407 e. The molecule has 0 radical (unpaired) electrons. The van der Waals surface area contributed by atoms with Gasteiger partial charge in [-0.15, -0.1) is 0 Å². The predicted octanol–water partition coefficient (Wildman–Crippen LogP) is 3.25. The van der Waals surface area contributed by atoms with E-state index < -0.39 is 23.6 Å². The number of hydrogen-bond acceptors (Lipinski definition) is 5. The maximum absolute atomic E-state index is 13.3. The summed E-state index contributed by atoms with van der Waals surface area (Å²) < 4.78 is 24.0. The standard InChI is InChI=1S/C19H28ClFN2O4/c1-19(2,3)27-18(25)23-13-5-4-12(8-13)22-10-14(24)11-26-15-6-7-16(20)17(21)9-15/h6-7,9,12-14,22,24H,4-5,8,10-11H2,1-3H3,(H,23,25)/t12-,13-,14?/m0/s1. The number of carbonyl (C=O) groups excluding carboxylic acids is 1. The van der Waals surface area contributed by atoms with Crippen LogP contribution in [0.5, 0.6) is 5.75 Å². The highest BCUT2D eigenvalue weighted by molar-refractivity contribution is 6.30. The molecule has 3 atom stereocenters. The third-order valence-corrected chi connectivity index (χ3v) is 4.44. The SMILES string of the molecule is CC(C)(C)OC(=O)N[C@H]1CC[C@H](NCC(O)COc2ccc(Cl)c(F)c2)C1. The summed E-state index contributed by atoms with van der Waals surface area (Å²) in [4.78, 5) is 11.8. The van der Waals surface area contributed by atoms with Crippen LogP contribution in [0, 0.1) is 5.82 Å². The molecule has 1 unspecified atom stereocenters. The molecule has 1 aromatic rings. The molecule has 8 heteroatoms. The van der Waals surface area contributed by atoms with E-state index in [2.05, 4.69) is 10.6 Å². The molecule has 2 rings (SSSR count). The monoisotopic (exact) mass is 402 g/mol. The normalized spacial score (nSPS) is 21.0. The Kier molecular flexibility index (Phi) is 7.70.